The normalized spacial score (nSPS) is 10.8. The van der Waals surface area contributed by atoms with Gasteiger partial charge in [0.15, 0.2) is 0 Å². The van der Waals surface area contributed by atoms with Gasteiger partial charge in [-0.25, -0.2) is 4.79 Å². The third-order valence-electron chi connectivity index (χ3n) is 5.50. The lowest BCUT2D eigenvalue weighted by Gasteiger charge is -2.12. The molecule has 1 aromatic heterocycles. The first kappa shape index (κ1) is 21.7. The van der Waals surface area contributed by atoms with Crippen molar-refractivity contribution >= 4 is 34.4 Å². The van der Waals surface area contributed by atoms with E-state index in [-0.39, 0.29) is 11.9 Å². The van der Waals surface area contributed by atoms with Gasteiger partial charge in [-0.15, -0.1) is 0 Å². The summed E-state index contributed by atoms with van der Waals surface area (Å²) in [5.41, 5.74) is 4.95. The second-order valence-corrected chi connectivity index (χ2v) is 8.07. The Labute approximate surface area is 191 Å². The number of hydrogen-bond acceptors (Lipinski definition) is 3. The minimum Gasteiger partial charge on any atom is -0.465 e. The Morgan fingerprint density at radius 3 is 2.53 bits per heavy atom. The Morgan fingerprint density at radius 2 is 1.81 bits per heavy atom. The topological polar surface area (TPSA) is 60.3 Å². The SMILES string of the molecule is COC(=O)c1ccc(CNC(=O)c2cccc3ccn(Cc4ccc(Cl)cc4)c23)c(C)c1. The summed E-state index contributed by atoms with van der Waals surface area (Å²) < 4.78 is 6.84. The van der Waals surface area contributed by atoms with Gasteiger partial charge in [0.05, 0.1) is 23.8 Å². The number of rotatable bonds is 6. The number of hydrogen-bond donors (Lipinski definition) is 1. The van der Waals surface area contributed by atoms with Crippen LogP contribution in [0.1, 0.15) is 37.4 Å². The van der Waals surface area contributed by atoms with E-state index < -0.39 is 0 Å². The Balaban J connectivity index is 1.55. The molecule has 0 aliphatic heterocycles. The zero-order valence-corrected chi connectivity index (χ0v) is 18.6. The largest absolute Gasteiger partial charge is 0.465 e. The number of carbonyl (C=O) groups excluding carboxylic acids is 2. The van der Waals surface area contributed by atoms with E-state index in [1.807, 2.05) is 67.7 Å². The highest BCUT2D eigenvalue weighted by atomic mass is 35.5. The van der Waals surface area contributed by atoms with Crippen LogP contribution in [0, 0.1) is 6.92 Å². The Kier molecular flexibility index (Phi) is 6.28. The number of aryl methyl sites for hydroxylation is 1. The highest BCUT2D eigenvalue weighted by Gasteiger charge is 2.15. The second kappa shape index (κ2) is 9.28. The molecular formula is C26H23ClN2O3. The van der Waals surface area contributed by atoms with Crippen molar-refractivity contribution in [3.05, 3.63) is 106 Å². The monoisotopic (exact) mass is 446 g/mol. The zero-order valence-electron chi connectivity index (χ0n) is 17.9. The first-order valence-electron chi connectivity index (χ1n) is 10.2. The predicted molar refractivity (Wildman–Crippen MR) is 126 cm³/mol. The van der Waals surface area contributed by atoms with Gasteiger partial charge in [0.25, 0.3) is 5.91 Å². The lowest BCUT2D eigenvalue weighted by Crippen LogP contribution is -2.24. The van der Waals surface area contributed by atoms with Crippen LogP contribution in [-0.2, 0) is 17.8 Å². The highest BCUT2D eigenvalue weighted by molar-refractivity contribution is 6.30. The molecule has 0 fully saturated rings. The Bertz CT molecular complexity index is 1290. The lowest BCUT2D eigenvalue weighted by atomic mass is 10.0. The maximum atomic E-state index is 13.1. The fourth-order valence-electron chi connectivity index (χ4n) is 3.77. The molecule has 5 nitrogen and oxygen atoms in total. The molecule has 3 aromatic carbocycles. The molecule has 6 heteroatoms. The number of esters is 1. The van der Waals surface area contributed by atoms with Crippen molar-refractivity contribution < 1.29 is 14.3 Å². The summed E-state index contributed by atoms with van der Waals surface area (Å²) in [5.74, 6) is -0.528. The van der Waals surface area contributed by atoms with E-state index in [1.165, 1.54) is 7.11 Å². The molecule has 1 amide bonds. The fraction of sp³-hybridized carbons (Fsp3) is 0.154. The van der Waals surface area contributed by atoms with Crippen LogP contribution in [0.2, 0.25) is 5.02 Å². The van der Waals surface area contributed by atoms with Crippen LogP contribution < -0.4 is 5.32 Å². The maximum absolute atomic E-state index is 13.1. The molecule has 0 bridgehead atoms. The minimum absolute atomic E-state index is 0.150. The van der Waals surface area contributed by atoms with Crippen LogP contribution in [0.4, 0.5) is 0 Å². The van der Waals surface area contributed by atoms with Crippen molar-refractivity contribution in [2.24, 2.45) is 0 Å². The van der Waals surface area contributed by atoms with Crippen LogP contribution in [-0.4, -0.2) is 23.6 Å². The van der Waals surface area contributed by atoms with E-state index in [0.29, 0.717) is 29.2 Å². The van der Waals surface area contributed by atoms with Gasteiger partial charge in [-0.2, -0.15) is 0 Å². The standard InChI is InChI=1S/C26H23ClN2O3/c1-17-14-20(26(31)32-2)8-9-21(17)15-28-25(30)23-5-3-4-19-12-13-29(24(19)23)16-18-6-10-22(27)11-7-18/h3-14H,15-16H2,1-2H3,(H,28,30). The predicted octanol–water partition coefficient (Wildman–Crippen LogP) is 5.37. The molecule has 0 spiro atoms. The number of benzene rings is 3. The van der Waals surface area contributed by atoms with Crippen LogP contribution in [0.25, 0.3) is 10.9 Å². The molecule has 0 radical (unpaired) electrons. The minimum atomic E-state index is -0.378. The van der Waals surface area contributed by atoms with E-state index in [4.69, 9.17) is 16.3 Å². The third-order valence-corrected chi connectivity index (χ3v) is 5.75. The molecule has 0 atom stereocenters. The van der Waals surface area contributed by atoms with Gasteiger partial charge >= 0.3 is 5.97 Å². The molecular weight excluding hydrogens is 424 g/mol. The summed E-state index contributed by atoms with van der Waals surface area (Å²) in [6, 6.07) is 20.7. The summed E-state index contributed by atoms with van der Waals surface area (Å²) in [5, 5.41) is 4.71. The average Bonchev–Trinajstić information content (AvgIpc) is 3.22. The highest BCUT2D eigenvalue weighted by Crippen LogP contribution is 2.22. The van der Waals surface area contributed by atoms with Crippen molar-refractivity contribution in [1.82, 2.24) is 9.88 Å². The number of amides is 1. The number of halogens is 1. The summed E-state index contributed by atoms with van der Waals surface area (Å²) in [6.07, 6.45) is 1.99. The van der Waals surface area contributed by atoms with E-state index in [0.717, 1.165) is 27.6 Å². The summed E-state index contributed by atoms with van der Waals surface area (Å²) in [7, 11) is 1.36. The number of fused-ring (bicyclic) bond motifs is 1. The molecule has 0 saturated carbocycles. The Morgan fingerprint density at radius 1 is 1.03 bits per heavy atom. The maximum Gasteiger partial charge on any atom is 0.337 e. The fourth-order valence-corrected chi connectivity index (χ4v) is 3.90. The second-order valence-electron chi connectivity index (χ2n) is 7.63. The van der Waals surface area contributed by atoms with Gasteiger partial charge in [-0.05, 0) is 60.0 Å². The van der Waals surface area contributed by atoms with Crippen LogP contribution in [0.3, 0.4) is 0 Å². The van der Waals surface area contributed by atoms with Gasteiger partial charge < -0.3 is 14.6 Å². The van der Waals surface area contributed by atoms with Crippen molar-refractivity contribution in [1.29, 1.82) is 0 Å². The number of nitrogens with one attached hydrogen (secondary N) is 1. The van der Waals surface area contributed by atoms with Crippen molar-refractivity contribution in [3.8, 4) is 0 Å². The van der Waals surface area contributed by atoms with E-state index in [9.17, 15) is 9.59 Å². The van der Waals surface area contributed by atoms with Gasteiger partial charge in [-0.3, -0.25) is 4.79 Å². The van der Waals surface area contributed by atoms with Gasteiger partial charge in [0.1, 0.15) is 0 Å². The first-order chi connectivity index (χ1) is 15.5. The summed E-state index contributed by atoms with van der Waals surface area (Å²) in [6.45, 7) is 2.91. The molecule has 0 aliphatic rings. The van der Waals surface area contributed by atoms with Gasteiger partial charge in [0.2, 0.25) is 0 Å². The zero-order chi connectivity index (χ0) is 22.7. The molecule has 0 aliphatic carbocycles. The molecule has 162 valence electrons. The molecule has 1 N–H and O–H groups in total. The Hall–Kier alpha value is -3.57. The van der Waals surface area contributed by atoms with Crippen molar-refractivity contribution in [2.45, 2.75) is 20.0 Å². The third kappa shape index (κ3) is 4.53. The number of ether oxygens (including phenoxy) is 1. The van der Waals surface area contributed by atoms with Gasteiger partial charge in [-0.1, -0.05) is 41.9 Å². The van der Waals surface area contributed by atoms with E-state index in [2.05, 4.69) is 9.88 Å². The molecule has 0 unspecified atom stereocenters. The van der Waals surface area contributed by atoms with Crippen molar-refractivity contribution in [2.75, 3.05) is 7.11 Å². The lowest BCUT2D eigenvalue weighted by molar-refractivity contribution is 0.0600. The number of nitrogens with zero attached hydrogens (tertiary/aromatic N) is 1. The van der Waals surface area contributed by atoms with Crippen molar-refractivity contribution in [3.63, 3.8) is 0 Å². The summed E-state index contributed by atoms with van der Waals surface area (Å²) >= 11 is 6.00. The average molecular weight is 447 g/mol. The van der Waals surface area contributed by atoms with E-state index >= 15 is 0 Å². The molecule has 32 heavy (non-hydrogen) atoms. The molecule has 4 rings (SSSR count). The van der Waals surface area contributed by atoms with Crippen LogP contribution in [0.15, 0.2) is 72.9 Å². The quantitative estimate of drug-likeness (QED) is 0.405. The van der Waals surface area contributed by atoms with Gasteiger partial charge in [0, 0.05) is 29.7 Å². The molecule has 4 aromatic rings. The number of aromatic nitrogens is 1. The smallest absolute Gasteiger partial charge is 0.337 e. The van der Waals surface area contributed by atoms with Crippen LogP contribution >= 0.6 is 11.6 Å². The van der Waals surface area contributed by atoms with Crippen LogP contribution in [0.5, 0.6) is 0 Å². The summed E-state index contributed by atoms with van der Waals surface area (Å²) in [4.78, 5) is 24.8. The number of para-hydroxylation sites is 1. The van der Waals surface area contributed by atoms with E-state index in [1.54, 1.807) is 12.1 Å². The molecule has 0 saturated heterocycles. The number of methoxy groups -OCH3 is 1. The number of carbonyl (C=O) groups is 2. The first-order valence-corrected chi connectivity index (χ1v) is 10.6. The molecule has 1 heterocycles.